The van der Waals surface area contributed by atoms with E-state index in [4.69, 9.17) is 4.74 Å². The largest absolute Gasteiger partial charge is 0.394 e. The average Bonchev–Trinajstić information content (AvgIpc) is 3.12. The number of pyridine rings is 1. The molecule has 1 unspecified atom stereocenters. The normalized spacial score (nSPS) is 13.4. The fourth-order valence-corrected chi connectivity index (χ4v) is 2.82. The van der Waals surface area contributed by atoms with E-state index < -0.39 is 0 Å². The van der Waals surface area contributed by atoms with Crippen LogP contribution in [0.5, 0.6) is 0 Å². The van der Waals surface area contributed by atoms with E-state index in [2.05, 4.69) is 31.8 Å². The van der Waals surface area contributed by atoms with Crippen molar-refractivity contribution in [1.82, 2.24) is 24.5 Å². The number of aryl methyl sites for hydroxylation is 1. The lowest BCUT2D eigenvalue weighted by Gasteiger charge is -2.14. The third-order valence-electron chi connectivity index (χ3n) is 4.51. The smallest absolute Gasteiger partial charge is 0.230 e. The first-order valence-corrected chi connectivity index (χ1v) is 9.53. The third kappa shape index (κ3) is 4.67. The molecular formula is C21H26N6O2. The topological polar surface area (TPSA) is 98.0 Å². The number of aliphatic hydroxyl groups excluding tert-OH is 1. The summed E-state index contributed by atoms with van der Waals surface area (Å²) in [5.74, 6) is 1.04. The molecule has 0 fully saturated rings. The van der Waals surface area contributed by atoms with Gasteiger partial charge in [-0.25, -0.2) is 15.0 Å². The first-order valence-electron chi connectivity index (χ1n) is 9.53. The van der Waals surface area contributed by atoms with Gasteiger partial charge in [0, 0.05) is 11.4 Å². The Balaban J connectivity index is 1.97. The number of fused-ring (bicyclic) bond motifs is 1. The van der Waals surface area contributed by atoms with Crippen molar-refractivity contribution in [3.05, 3.63) is 46.9 Å². The molecule has 0 aliphatic heterocycles. The number of anilines is 2. The molecule has 0 bridgehead atoms. The summed E-state index contributed by atoms with van der Waals surface area (Å²) in [6.45, 7) is 10.1. The van der Waals surface area contributed by atoms with Gasteiger partial charge in [-0.3, -0.25) is 4.57 Å². The summed E-state index contributed by atoms with van der Waals surface area (Å²) < 4.78 is 7.53. The summed E-state index contributed by atoms with van der Waals surface area (Å²) in [5.41, 5.74) is 2.10. The van der Waals surface area contributed by atoms with Crippen LogP contribution in [-0.2, 0) is 11.5 Å². The van der Waals surface area contributed by atoms with Crippen LogP contribution in [0.1, 0.15) is 26.0 Å². The molecule has 3 aromatic heterocycles. The first-order chi connectivity index (χ1) is 14.1. The van der Waals surface area contributed by atoms with Gasteiger partial charge in [0.25, 0.3) is 0 Å². The molecule has 29 heavy (non-hydrogen) atoms. The highest BCUT2D eigenvalue weighted by molar-refractivity contribution is 5.75. The van der Waals surface area contributed by atoms with E-state index in [1.165, 1.54) is 0 Å². The molecule has 0 saturated heterocycles. The number of nitrogens with zero attached hydrogens (tertiary/aromatic N) is 5. The number of allylic oxidation sites excluding steroid dienone is 2. The minimum atomic E-state index is -0.221. The molecular weight excluding hydrogens is 368 g/mol. The molecule has 3 aromatic rings. The first kappa shape index (κ1) is 20.6. The number of ether oxygens (including phenoxy) is 1. The summed E-state index contributed by atoms with van der Waals surface area (Å²) in [7, 11) is 0. The van der Waals surface area contributed by atoms with Crippen LogP contribution >= 0.6 is 0 Å². The Morgan fingerprint density at radius 2 is 2.17 bits per heavy atom. The van der Waals surface area contributed by atoms with Crippen LogP contribution in [0.4, 0.5) is 11.8 Å². The molecule has 0 saturated carbocycles. The van der Waals surface area contributed by atoms with Gasteiger partial charge in [-0.05, 0) is 31.6 Å². The van der Waals surface area contributed by atoms with Crippen molar-refractivity contribution >= 4 is 35.6 Å². The minimum absolute atomic E-state index is 0.0253. The number of imidazole rings is 1. The lowest BCUT2D eigenvalue weighted by Crippen LogP contribution is -2.27. The highest BCUT2D eigenvalue weighted by atomic mass is 16.5. The van der Waals surface area contributed by atoms with Gasteiger partial charge in [0.15, 0.2) is 5.65 Å². The van der Waals surface area contributed by atoms with Crippen LogP contribution in [0.25, 0.3) is 23.8 Å². The molecule has 2 N–H and O–H groups in total. The zero-order chi connectivity index (χ0) is 20.8. The maximum absolute atomic E-state index is 9.32. The number of hydrogen-bond acceptors (Lipinski definition) is 7. The molecule has 0 aromatic carbocycles. The Labute approximate surface area is 169 Å². The predicted molar refractivity (Wildman–Crippen MR) is 114 cm³/mol. The van der Waals surface area contributed by atoms with E-state index in [0.717, 1.165) is 22.6 Å². The van der Waals surface area contributed by atoms with Crippen molar-refractivity contribution in [2.24, 2.45) is 0 Å². The maximum Gasteiger partial charge on any atom is 0.230 e. The standard InChI is InChI=1S/C21H26N6O2/c1-5-7-8-17-14(3)9-10-22-19(17)25-21-24-15(4)18-20(26-21)27(12-23-18)13-29-16(6-2)11-28/h5,7-10,12,16,28H,3,6,11,13H2,1-2,4H3,(H,22,24,25,26)/b7-5-,17-8+. The Bertz CT molecular complexity index is 1120. The van der Waals surface area contributed by atoms with Crippen molar-refractivity contribution < 1.29 is 9.84 Å². The maximum atomic E-state index is 9.32. The molecule has 0 spiro atoms. The fourth-order valence-electron chi connectivity index (χ4n) is 2.82. The number of aliphatic hydroxyl groups is 1. The Morgan fingerprint density at radius 1 is 1.34 bits per heavy atom. The summed E-state index contributed by atoms with van der Waals surface area (Å²) in [6, 6.07) is 1.85. The third-order valence-corrected chi connectivity index (χ3v) is 4.51. The number of hydrogen-bond donors (Lipinski definition) is 2. The quantitative estimate of drug-likeness (QED) is 0.601. The molecule has 0 aliphatic rings. The average molecular weight is 394 g/mol. The van der Waals surface area contributed by atoms with Crippen LogP contribution in [-0.4, -0.2) is 42.3 Å². The molecule has 3 rings (SSSR count). The molecule has 8 heteroatoms. The predicted octanol–water partition coefficient (Wildman–Crippen LogP) is 1.79. The van der Waals surface area contributed by atoms with Gasteiger partial charge in [-0.1, -0.05) is 31.7 Å². The molecule has 3 heterocycles. The molecule has 1 atom stereocenters. The van der Waals surface area contributed by atoms with Crippen LogP contribution in [0.2, 0.25) is 0 Å². The van der Waals surface area contributed by atoms with Gasteiger partial charge in [0.2, 0.25) is 5.95 Å². The van der Waals surface area contributed by atoms with Crippen LogP contribution in [0.15, 0.2) is 30.7 Å². The van der Waals surface area contributed by atoms with Crippen LogP contribution in [0.3, 0.4) is 0 Å². The van der Waals surface area contributed by atoms with Gasteiger partial charge in [0.1, 0.15) is 18.1 Å². The van der Waals surface area contributed by atoms with Crippen molar-refractivity contribution in [3.63, 3.8) is 0 Å². The van der Waals surface area contributed by atoms with Crippen LogP contribution in [0, 0.1) is 6.92 Å². The van der Waals surface area contributed by atoms with Gasteiger partial charge in [-0.15, -0.1) is 0 Å². The molecule has 0 amide bonds. The van der Waals surface area contributed by atoms with Crippen molar-refractivity contribution in [2.45, 2.75) is 40.0 Å². The number of rotatable bonds is 8. The Hall–Kier alpha value is -3.10. The van der Waals surface area contributed by atoms with E-state index in [1.54, 1.807) is 17.1 Å². The van der Waals surface area contributed by atoms with Crippen LogP contribution < -0.4 is 15.8 Å². The molecule has 0 aliphatic carbocycles. The second-order valence-corrected chi connectivity index (χ2v) is 6.58. The van der Waals surface area contributed by atoms with E-state index >= 15 is 0 Å². The zero-order valence-electron chi connectivity index (χ0n) is 17.0. The van der Waals surface area contributed by atoms with Gasteiger partial charge in [-0.2, -0.15) is 4.98 Å². The van der Waals surface area contributed by atoms with E-state index in [1.807, 2.05) is 45.1 Å². The summed E-state index contributed by atoms with van der Waals surface area (Å²) >= 11 is 0. The number of nitrogens with one attached hydrogen (secondary N) is 1. The minimum Gasteiger partial charge on any atom is -0.394 e. The summed E-state index contributed by atoms with van der Waals surface area (Å²) in [4.78, 5) is 17.9. The van der Waals surface area contributed by atoms with Gasteiger partial charge >= 0.3 is 0 Å². The zero-order valence-corrected chi connectivity index (χ0v) is 17.0. The molecule has 0 radical (unpaired) electrons. The SMILES string of the molecule is C=c1ccnc(Nc2nc(C)c3ncn(COC(CC)CO)c3n2)/c1=C/C=C\C. The summed E-state index contributed by atoms with van der Waals surface area (Å²) in [6.07, 6.45) is 9.69. The number of aromatic nitrogens is 5. The van der Waals surface area contributed by atoms with E-state index in [0.29, 0.717) is 22.9 Å². The van der Waals surface area contributed by atoms with Gasteiger partial charge < -0.3 is 15.2 Å². The fraction of sp³-hybridized carbons (Fsp3) is 0.333. The molecule has 152 valence electrons. The second-order valence-electron chi connectivity index (χ2n) is 6.58. The second kappa shape index (κ2) is 9.40. The molecule has 8 nitrogen and oxygen atoms in total. The van der Waals surface area contributed by atoms with Crippen molar-refractivity contribution in [1.29, 1.82) is 0 Å². The van der Waals surface area contributed by atoms with Crippen molar-refractivity contribution in [3.8, 4) is 0 Å². The highest BCUT2D eigenvalue weighted by Gasteiger charge is 2.13. The lowest BCUT2D eigenvalue weighted by atomic mass is 10.2. The monoisotopic (exact) mass is 394 g/mol. The van der Waals surface area contributed by atoms with E-state index in [9.17, 15) is 5.11 Å². The van der Waals surface area contributed by atoms with E-state index in [-0.39, 0.29) is 19.4 Å². The Kier molecular flexibility index (Phi) is 6.69. The Morgan fingerprint density at radius 3 is 2.90 bits per heavy atom. The van der Waals surface area contributed by atoms with Crippen molar-refractivity contribution in [2.75, 3.05) is 11.9 Å². The van der Waals surface area contributed by atoms with Gasteiger partial charge in [0.05, 0.1) is 24.7 Å². The lowest BCUT2D eigenvalue weighted by molar-refractivity contribution is -0.0238. The summed E-state index contributed by atoms with van der Waals surface area (Å²) in [5, 5.41) is 14.2. The highest BCUT2D eigenvalue weighted by Crippen LogP contribution is 2.17.